The molecule has 0 spiro atoms. The van der Waals surface area contributed by atoms with Crippen molar-refractivity contribution >= 4 is 12.0 Å². The Morgan fingerprint density at radius 2 is 1.61 bits per heavy atom. The zero-order valence-corrected chi connectivity index (χ0v) is 19.4. The number of carbonyl (C=O) groups excluding carboxylic acids is 2. The molecule has 0 aromatic heterocycles. The Kier molecular flexibility index (Phi) is 6.56. The van der Waals surface area contributed by atoms with E-state index in [4.69, 9.17) is 4.74 Å². The molecular weight excluding hydrogens is 390 g/mol. The summed E-state index contributed by atoms with van der Waals surface area (Å²) >= 11 is 0. The third kappa shape index (κ3) is 5.40. The summed E-state index contributed by atoms with van der Waals surface area (Å²) in [5.74, 6) is 0.140. The summed E-state index contributed by atoms with van der Waals surface area (Å²) in [6, 6.07) is 6.70. The highest BCUT2D eigenvalue weighted by atomic mass is 16.6. The molecule has 0 bridgehead atoms. The molecule has 1 aliphatic carbocycles. The van der Waals surface area contributed by atoms with Crippen molar-refractivity contribution in [3.8, 4) is 0 Å². The van der Waals surface area contributed by atoms with Crippen molar-refractivity contribution in [1.29, 1.82) is 0 Å². The van der Waals surface area contributed by atoms with Crippen molar-refractivity contribution in [1.82, 2.24) is 14.7 Å². The van der Waals surface area contributed by atoms with Gasteiger partial charge >= 0.3 is 6.09 Å². The van der Waals surface area contributed by atoms with Gasteiger partial charge in [-0.3, -0.25) is 9.69 Å². The number of fused-ring (bicyclic) bond motifs is 1. The number of benzene rings is 1. The van der Waals surface area contributed by atoms with E-state index in [1.807, 2.05) is 43.9 Å². The van der Waals surface area contributed by atoms with E-state index in [9.17, 15) is 9.59 Å². The van der Waals surface area contributed by atoms with Gasteiger partial charge in [0.15, 0.2) is 0 Å². The van der Waals surface area contributed by atoms with Crippen LogP contribution in [0.4, 0.5) is 4.79 Å². The fourth-order valence-electron chi connectivity index (χ4n) is 5.09. The predicted octanol–water partition coefficient (Wildman–Crippen LogP) is 4.07. The maximum Gasteiger partial charge on any atom is 0.410 e. The Morgan fingerprint density at radius 1 is 0.903 bits per heavy atom. The smallest absolute Gasteiger partial charge is 0.410 e. The third-order valence-electron chi connectivity index (χ3n) is 6.81. The van der Waals surface area contributed by atoms with Gasteiger partial charge in [0.2, 0.25) is 0 Å². The van der Waals surface area contributed by atoms with Crippen LogP contribution in [0.25, 0.3) is 0 Å². The van der Waals surface area contributed by atoms with Gasteiger partial charge < -0.3 is 14.5 Å². The first-order chi connectivity index (χ1) is 14.8. The number of rotatable bonds is 2. The molecule has 1 aromatic rings. The SMILES string of the molecule is CC(C)(C)OC(=O)N1CCc2cc(C(=O)N3CCN(C4CCCCC4)CC3)ccc2C1. The Morgan fingerprint density at radius 3 is 2.29 bits per heavy atom. The molecular formula is C25H37N3O3. The van der Waals surface area contributed by atoms with Crippen molar-refractivity contribution < 1.29 is 14.3 Å². The van der Waals surface area contributed by atoms with Gasteiger partial charge in [-0.1, -0.05) is 25.3 Å². The molecule has 2 amide bonds. The lowest BCUT2D eigenvalue weighted by atomic mass is 9.93. The van der Waals surface area contributed by atoms with E-state index in [0.29, 0.717) is 13.1 Å². The highest BCUT2D eigenvalue weighted by molar-refractivity contribution is 5.94. The average Bonchev–Trinajstić information content (AvgIpc) is 2.77. The Hall–Kier alpha value is -2.08. The maximum atomic E-state index is 13.1. The van der Waals surface area contributed by atoms with Crippen LogP contribution >= 0.6 is 0 Å². The minimum atomic E-state index is -0.491. The van der Waals surface area contributed by atoms with E-state index in [2.05, 4.69) is 4.90 Å². The lowest BCUT2D eigenvalue weighted by Crippen LogP contribution is -2.52. The fraction of sp³-hybridized carbons (Fsp3) is 0.680. The number of carbonyl (C=O) groups is 2. The van der Waals surface area contributed by atoms with Crippen LogP contribution in [0.3, 0.4) is 0 Å². The summed E-state index contributed by atoms with van der Waals surface area (Å²) in [6.07, 6.45) is 7.20. The van der Waals surface area contributed by atoms with Crippen LogP contribution in [-0.4, -0.2) is 71.1 Å². The van der Waals surface area contributed by atoms with Crippen LogP contribution in [0.1, 0.15) is 74.4 Å². The number of amides is 2. The molecule has 2 heterocycles. The molecule has 1 aromatic carbocycles. The molecule has 170 valence electrons. The molecule has 0 unspecified atom stereocenters. The second-order valence-electron chi connectivity index (χ2n) is 10.3. The lowest BCUT2D eigenvalue weighted by Gasteiger charge is -2.40. The lowest BCUT2D eigenvalue weighted by molar-refractivity contribution is 0.0223. The number of piperazine rings is 1. The van der Waals surface area contributed by atoms with Crippen LogP contribution in [0.2, 0.25) is 0 Å². The Bertz CT molecular complexity index is 803. The van der Waals surface area contributed by atoms with Gasteiger partial charge in [-0.05, 0) is 63.3 Å². The number of nitrogens with zero attached hydrogens (tertiary/aromatic N) is 3. The van der Waals surface area contributed by atoms with Gasteiger partial charge in [-0.15, -0.1) is 0 Å². The number of ether oxygens (including phenoxy) is 1. The van der Waals surface area contributed by atoms with E-state index < -0.39 is 5.60 Å². The Labute approximate surface area is 186 Å². The minimum Gasteiger partial charge on any atom is -0.444 e. The van der Waals surface area contributed by atoms with Gasteiger partial charge in [0.25, 0.3) is 5.91 Å². The topological polar surface area (TPSA) is 53.1 Å². The minimum absolute atomic E-state index is 0.140. The van der Waals surface area contributed by atoms with Crippen LogP contribution < -0.4 is 0 Å². The van der Waals surface area contributed by atoms with Crippen LogP contribution in [-0.2, 0) is 17.7 Å². The second kappa shape index (κ2) is 9.19. The van der Waals surface area contributed by atoms with Gasteiger partial charge in [0.1, 0.15) is 5.60 Å². The fourth-order valence-corrected chi connectivity index (χ4v) is 5.09. The number of hydrogen-bond donors (Lipinski definition) is 0. The molecule has 6 nitrogen and oxygen atoms in total. The van der Waals surface area contributed by atoms with Crippen molar-refractivity contribution in [2.75, 3.05) is 32.7 Å². The first-order valence-corrected chi connectivity index (χ1v) is 11.9. The van der Waals surface area contributed by atoms with E-state index in [-0.39, 0.29) is 12.0 Å². The second-order valence-corrected chi connectivity index (χ2v) is 10.3. The van der Waals surface area contributed by atoms with E-state index in [1.165, 1.54) is 37.7 Å². The molecule has 31 heavy (non-hydrogen) atoms. The van der Waals surface area contributed by atoms with Crippen LogP contribution in [0.15, 0.2) is 18.2 Å². The van der Waals surface area contributed by atoms with Gasteiger partial charge in [-0.2, -0.15) is 0 Å². The van der Waals surface area contributed by atoms with Crippen molar-refractivity contribution in [2.24, 2.45) is 0 Å². The quantitative estimate of drug-likeness (QED) is 0.714. The molecule has 3 aliphatic rings. The summed E-state index contributed by atoms with van der Waals surface area (Å²) in [6.45, 7) is 10.4. The van der Waals surface area contributed by atoms with Crippen LogP contribution in [0.5, 0.6) is 0 Å². The summed E-state index contributed by atoms with van der Waals surface area (Å²) in [5, 5.41) is 0. The summed E-state index contributed by atoms with van der Waals surface area (Å²) < 4.78 is 5.51. The molecule has 1 saturated heterocycles. The Balaban J connectivity index is 1.34. The summed E-state index contributed by atoms with van der Waals surface area (Å²) in [4.78, 5) is 31.9. The van der Waals surface area contributed by atoms with Gasteiger partial charge in [0.05, 0.1) is 0 Å². The largest absolute Gasteiger partial charge is 0.444 e. The maximum absolute atomic E-state index is 13.1. The standard InChI is InChI=1S/C25H37N3O3/c1-25(2,3)31-24(30)28-12-11-19-17-20(9-10-21(19)18-28)23(29)27-15-13-26(14-16-27)22-7-5-4-6-8-22/h9-10,17,22H,4-8,11-16,18H2,1-3H3. The predicted molar refractivity (Wildman–Crippen MR) is 121 cm³/mol. The van der Waals surface area contributed by atoms with E-state index in [0.717, 1.165) is 49.8 Å². The van der Waals surface area contributed by atoms with E-state index >= 15 is 0 Å². The molecule has 2 aliphatic heterocycles. The molecule has 1 saturated carbocycles. The zero-order valence-electron chi connectivity index (χ0n) is 19.4. The zero-order chi connectivity index (χ0) is 22.0. The van der Waals surface area contributed by atoms with Crippen molar-refractivity contribution in [3.05, 3.63) is 34.9 Å². The molecule has 0 atom stereocenters. The average molecular weight is 428 g/mol. The first kappa shape index (κ1) is 22.1. The van der Waals surface area contributed by atoms with Crippen LogP contribution in [0, 0.1) is 0 Å². The molecule has 0 radical (unpaired) electrons. The van der Waals surface area contributed by atoms with Gasteiger partial charge in [-0.25, -0.2) is 4.79 Å². The van der Waals surface area contributed by atoms with Crippen molar-refractivity contribution in [3.63, 3.8) is 0 Å². The number of hydrogen-bond acceptors (Lipinski definition) is 4. The molecule has 2 fully saturated rings. The van der Waals surface area contributed by atoms with Crippen molar-refractivity contribution in [2.45, 2.75) is 77.5 Å². The first-order valence-electron chi connectivity index (χ1n) is 11.9. The molecule has 4 rings (SSSR count). The van der Waals surface area contributed by atoms with Gasteiger partial charge in [0, 0.05) is 50.9 Å². The van der Waals surface area contributed by atoms with E-state index in [1.54, 1.807) is 4.90 Å². The monoisotopic (exact) mass is 427 g/mol. The molecule has 0 N–H and O–H groups in total. The highest BCUT2D eigenvalue weighted by Gasteiger charge is 2.29. The summed E-state index contributed by atoms with van der Waals surface area (Å²) in [7, 11) is 0. The summed E-state index contributed by atoms with van der Waals surface area (Å²) in [5.41, 5.74) is 2.56. The molecule has 6 heteroatoms. The normalized spacial score (nSPS) is 21.0. The third-order valence-corrected chi connectivity index (χ3v) is 6.81. The highest BCUT2D eigenvalue weighted by Crippen LogP contribution is 2.25.